The third-order valence-electron chi connectivity index (χ3n) is 2.25. The standard InChI is InChI=1S/C10H4F6N2S/c11-5-1-4(2-6(12)9(5)13)18-8(19)3-7(17-18)10(14,15)16/h1-3,17H. The topological polar surface area (TPSA) is 20.7 Å². The zero-order valence-corrected chi connectivity index (χ0v) is 9.67. The van der Waals surface area contributed by atoms with E-state index in [1.54, 1.807) is 0 Å². The molecule has 2 aromatic rings. The van der Waals surface area contributed by atoms with Crippen LogP contribution in [0.1, 0.15) is 5.69 Å². The summed E-state index contributed by atoms with van der Waals surface area (Å²) in [7, 11) is 0. The van der Waals surface area contributed by atoms with Crippen LogP contribution >= 0.6 is 12.2 Å². The van der Waals surface area contributed by atoms with Crippen LogP contribution in [0.25, 0.3) is 5.69 Å². The summed E-state index contributed by atoms with van der Waals surface area (Å²) < 4.78 is 76.3. The molecular weight excluding hydrogens is 294 g/mol. The molecule has 2 rings (SSSR count). The molecule has 0 saturated carbocycles. The van der Waals surface area contributed by atoms with Gasteiger partial charge in [0.1, 0.15) is 10.3 Å². The molecule has 2 nitrogen and oxygen atoms in total. The molecule has 1 aromatic carbocycles. The number of nitrogens with one attached hydrogen (secondary N) is 1. The van der Waals surface area contributed by atoms with E-state index >= 15 is 0 Å². The van der Waals surface area contributed by atoms with Crippen LogP contribution in [0, 0.1) is 22.1 Å². The Balaban J connectivity index is 2.60. The Morgan fingerprint density at radius 1 is 1.00 bits per heavy atom. The molecule has 1 N–H and O–H groups in total. The van der Waals surface area contributed by atoms with E-state index in [1.165, 1.54) is 0 Å². The molecule has 0 spiro atoms. The number of hydrogen-bond donors (Lipinski definition) is 1. The maximum atomic E-state index is 13.0. The SMILES string of the molecule is Fc1cc(-n2[nH]c(C(F)(F)F)cc2=S)cc(F)c1F. The van der Waals surface area contributed by atoms with Crippen LogP contribution in [0.2, 0.25) is 0 Å². The van der Waals surface area contributed by atoms with Gasteiger partial charge in [-0.05, 0) is 0 Å². The first-order valence-corrected chi connectivity index (χ1v) is 5.15. The monoisotopic (exact) mass is 298 g/mol. The molecule has 0 fully saturated rings. The van der Waals surface area contributed by atoms with Crippen LogP contribution < -0.4 is 0 Å². The van der Waals surface area contributed by atoms with E-state index in [1.807, 2.05) is 5.10 Å². The Labute approximate surface area is 107 Å². The second-order valence-corrected chi connectivity index (χ2v) is 3.98. The Kier molecular flexibility index (Phi) is 3.17. The van der Waals surface area contributed by atoms with Crippen LogP contribution in [0.15, 0.2) is 18.2 Å². The summed E-state index contributed by atoms with van der Waals surface area (Å²) in [5.74, 6) is -4.77. The molecule has 0 aliphatic carbocycles. The van der Waals surface area contributed by atoms with Gasteiger partial charge in [-0.3, -0.25) is 5.10 Å². The third-order valence-corrected chi connectivity index (χ3v) is 2.55. The van der Waals surface area contributed by atoms with Gasteiger partial charge in [0.05, 0.1) is 5.69 Å². The number of aromatic nitrogens is 2. The first kappa shape index (κ1) is 13.7. The number of aromatic amines is 1. The van der Waals surface area contributed by atoms with Crippen molar-refractivity contribution in [2.45, 2.75) is 6.18 Å². The van der Waals surface area contributed by atoms with E-state index in [0.29, 0.717) is 22.9 Å². The van der Waals surface area contributed by atoms with E-state index in [9.17, 15) is 26.3 Å². The molecule has 0 radical (unpaired) electrons. The first-order valence-electron chi connectivity index (χ1n) is 4.74. The maximum Gasteiger partial charge on any atom is 0.432 e. The van der Waals surface area contributed by atoms with Crippen molar-refractivity contribution in [2.24, 2.45) is 0 Å². The zero-order valence-electron chi connectivity index (χ0n) is 8.86. The van der Waals surface area contributed by atoms with E-state index < -0.39 is 29.3 Å². The second kappa shape index (κ2) is 4.41. The predicted molar refractivity (Wildman–Crippen MR) is 55.8 cm³/mol. The van der Waals surface area contributed by atoms with Crippen molar-refractivity contribution in [1.82, 2.24) is 9.78 Å². The summed E-state index contributed by atoms with van der Waals surface area (Å²) in [6, 6.07) is 1.66. The largest absolute Gasteiger partial charge is 0.432 e. The third kappa shape index (κ3) is 2.50. The highest BCUT2D eigenvalue weighted by Crippen LogP contribution is 2.28. The van der Waals surface area contributed by atoms with Gasteiger partial charge in [-0.25, -0.2) is 17.9 Å². The van der Waals surface area contributed by atoms with Gasteiger partial charge in [-0.15, -0.1) is 0 Å². The number of hydrogen-bond acceptors (Lipinski definition) is 1. The lowest BCUT2D eigenvalue weighted by molar-refractivity contribution is -0.141. The molecule has 0 atom stereocenters. The van der Waals surface area contributed by atoms with E-state index in [2.05, 4.69) is 12.2 Å². The van der Waals surface area contributed by atoms with Crippen molar-refractivity contribution in [3.05, 3.63) is 46.0 Å². The fraction of sp³-hybridized carbons (Fsp3) is 0.100. The number of benzene rings is 1. The van der Waals surface area contributed by atoms with Crippen molar-refractivity contribution in [1.29, 1.82) is 0 Å². The van der Waals surface area contributed by atoms with E-state index in [0.717, 1.165) is 0 Å². The Bertz CT molecular complexity index is 661. The summed E-state index contributed by atoms with van der Waals surface area (Å²) in [5.41, 5.74) is -1.56. The smallest absolute Gasteiger partial charge is 0.288 e. The quantitative estimate of drug-likeness (QED) is 0.480. The van der Waals surface area contributed by atoms with Gasteiger partial charge in [0.15, 0.2) is 17.5 Å². The number of halogens is 6. The lowest BCUT2D eigenvalue weighted by Crippen LogP contribution is -2.08. The van der Waals surface area contributed by atoms with Crippen LogP contribution in [0.3, 0.4) is 0 Å². The summed E-state index contributed by atoms with van der Waals surface area (Å²) in [6.45, 7) is 0. The van der Waals surface area contributed by atoms with Crippen LogP contribution in [-0.2, 0) is 6.18 Å². The second-order valence-electron chi connectivity index (χ2n) is 3.56. The van der Waals surface area contributed by atoms with E-state index in [4.69, 9.17) is 0 Å². The highest BCUT2D eigenvalue weighted by Gasteiger charge is 2.33. The molecule has 0 amide bonds. The molecule has 19 heavy (non-hydrogen) atoms. The molecular formula is C10H4F6N2S. The predicted octanol–water partition coefficient (Wildman–Crippen LogP) is 3.97. The van der Waals surface area contributed by atoms with E-state index in [-0.39, 0.29) is 10.3 Å². The van der Waals surface area contributed by atoms with Crippen molar-refractivity contribution < 1.29 is 26.3 Å². The summed E-state index contributed by atoms with van der Waals surface area (Å²) in [6.07, 6.45) is -4.68. The van der Waals surface area contributed by atoms with Gasteiger partial charge in [-0.1, -0.05) is 12.2 Å². The van der Waals surface area contributed by atoms with Crippen molar-refractivity contribution in [2.75, 3.05) is 0 Å². The molecule has 102 valence electrons. The van der Waals surface area contributed by atoms with Crippen LogP contribution in [0.5, 0.6) is 0 Å². The number of alkyl halides is 3. The minimum Gasteiger partial charge on any atom is -0.288 e. The Morgan fingerprint density at radius 3 is 1.95 bits per heavy atom. The molecule has 9 heteroatoms. The highest BCUT2D eigenvalue weighted by molar-refractivity contribution is 7.71. The van der Waals surface area contributed by atoms with Gasteiger partial charge < -0.3 is 0 Å². The highest BCUT2D eigenvalue weighted by atomic mass is 32.1. The normalized spacial score (nSPS) is 11.9. The van der Waals surface area contributed by atoms with Gasteiger partial charge in [0, 0.05) is 18.2 Å². The van der Waals surface area contributed by atoms with Crippen molar-refractivity contribution >= 4 is 12.2 Å². The molecule has 1 heterocycles. The number of H-pyrrole nitrogens is 1. The summed E-state index contributed by atoms with van der Waals surface area (Å²) in [5, 5.41) is 1.84. The summed E-state index contributed by atoms with van der Waals surface area (Å²) >= 11 is 4.64. The number of nitrogens with zero attached hydrogens (tertiary/aromatic N) is 1. The van der Waals surface area contributed by atoms with Crippen molar-refractivity contribution in [3.8, 4) is 5.69 Å². The van der Waals surface area contributed by atoms with Crippen LogP contribution in [0.4, 0.5) is 26.3 Å². The molecule has 0 unspecified atom stereocenters. The lowest BCUT2D eigenvalue weighted by Gasteiger charge is -2.06. The molecule has 0 aliphatic heterocycles. The molecule has 0 aliphatic rings. The average molecular weight is 298 g/mol. The fourth-order valence-electron chi connectivity index (χ4n) is 1.40. The Morgan fingerprint density at radius 2 is 1.53 bits per heavy atom. The first-order chi connectivity index (χ1) is 8.70. The Hall–Kier alpha value is -1.77. The minimum absolute atomic E-state index is 0.349. The maximum absolute atomic E-state index is 13.0. The molecule has 0 bridgehead atoms. The number of rotatable bonds is 1. The van der Waals surface area contributed by atoms with Crippen molar-refractivity contribution in [3.63, 3.8) is 0 Å². The van der Waals surface area contributed by atoms with Gasteiger partial charge in [-0.2, -0.15) is 13.2 Å². The minimum atomic E-state index is -4.68. The summed E-state index contributed by atoms with van der Waals surface area (Å²) in [4.78, 5) is 0. The fourth-order valence-corrected chi connectivity index (χ4v) is 1.67. The molecule has 0 saturated heterocycles. The lowest BCUT2D eigenvalue weighted by atomic mass is 10.3. The van der Waals surface area contributed by atoms with Gasteiger partial charge in [0.25, 0.3) is 0 Å². The van der Waals surface area contributed by atoms with Gasteiger partial charge in [0.2, 0.25) is 0 Å². The van der Waals surface area contributed by atoms with Crippen LogP contribution in [-0.4, -0.2) is 9.78 Å². The van der Waals surface area contributed by atoms with Gasteiger partial charge >= 0.3 is 6.18 Å². The zero-order chi connectivity index (χ0) is 14.4. The average Bonchev–Trinajstić information content (AvgIpc) is 2.67. The molecule has 1 aromatic heterocycles.